The third kappa shape index (κ3) is 29.4. The van der Waals surface area contributed by atoms with E-state index in [1.54, 1.807) is 0 Å². The van der Waals surface area contributed by atoms with Gasteiger partial charge < -0.3 is 14.6 Å². The molecule has 0 amide bonds. The Hall–Kier alpha value is -0.660. The maximum atomic E-state index is 12.6. The number of esters is 2. The first kappa shape index (κ1) is 43.5. The van der Waals surface area contributed by atoms with Crippen molar-refractivity contribution in [3.05, 3.63) is 0 Å². The molecule has 0 saturated heterocycles. The Morgan fingerprint density at radius 3 is 1.19 bits per heavy atom. The van der Waals surface area contributed by atoms with Crippen LogP contribution in [0.15, 0.2) is 0 Å². The molecule has 2 N–H and O–H groups in total. The molecule has 2 atom stereocenters. The average molecular weight is 665 g/mol. The lowest BCUT2D eigenvalue weighted by molar-refractivity contribution is -0.176. The zero-order chi connectivity index (χ0) is 30.6. The quantitative estimate of drug-likeness (QED) is 0.0470. The Morgan fingerprint density at radius 1 is 0.571 bits per heavy atom. The van der Waals surface area contributed by atoms with Gasteiger partial charge in [-0.2, -0.15) is 0 Å². The van der Waals surface area contributed by atoms with Crippen molar-refractivity contribution in [3.8, 4) is 0 Å². The van der Waals surface area contributed by atoms with Crippen LogP contribution in [0, 0.1) is 0 Å². The maximum absolute atomic E-state index is 12.6. The molecule has 0 radical (unpaired) electrons. The maximum Gasteiger partial charge on any atom is 0.307 e. The molecule has 42 heavy (non-hydrogen) atoms. The zero-order valence-electron chi connectivity index (χ0n) is 28.3. The molecule has 0 rings (SSSR count). The number of carbonyl (C=O) groups is 2. The molecule has 0 aromatic carbocycles. The van der Waals surface area contributed by atoms with E-state index in [0.717, 1.165) is 38.5 Å². The van der Waals surface area contributed by atoms with E-state index in [0.29, 0.717) is 12.8 Å². The van der Waals surface area contributed by atoms with Crippen LogP contribution >= 0.6 is 17.0 Å². The second-order valence-electron chi connectivity index (χ2n) is 13.1. The van der Waals surface area contributed by atoms with Crippen molar-refractivity contribution in [2.75, 3.05) is 6.61 Å². The number of hydrogen-bond donors (Lipinski definition) is 2. The Bertz CT molecular complexity index is 611. The highest BCUT2D eigenvalue weighted by Crippen LogP contribution is 2.16. The van der Waals surface area contributed by atoms with Crippen LogP contribution in [0.1, 0.15) is 189 Å². The predicted octanol–water partition coefficient (Wildman–Crippen LogP) is 10.1. The molecule has 0 aliphatic rings. The second-order valence-corrected chi connectivity index (χ2v) is 13.1. The van der Waals surface area contributed by atoms with E-state index in [2.05, 4.69) is 19.2 Å². The summed E-state index contributed by atoms with van der Waals surface area (Å²) in [5.74, 6) is -0.662. The van der Waals surface area contributed by atoms with Gasteiger partial charge in [-0.3, -0.25) is 14.9 Å². The first-order valence-electron chi connectivity index (χ1n) is 17.5. The van der Waals surface area contributed by atoms with Gasteiger partial charge in [0.25, 0.3) is 0 Å². The molecule has 0 fully saturated rings. The standard InChI is InChI=1S/C35H69NO5.BrH/c1-6-8-10-12-14-16-18-20-22-24-26-28-32(38)40-31(30-37)34(36-35(3,4)5)41-33(39)29-27-25-23-21-19-17-15-13-11-9-7-2;/h31,34,36-37H,6-30H2,1-5H3;1H. The van der Waals surface area contributed by atoms with Crippen LogP contribution in [-0.4, -0.2) is 41.5 Å². The highest BCUT2D eigenvalue weighted by Gasteiger charge is 2.31. The molecule has 0 saturated carbocycles. The summed E-state index contributed by atoms with van der Waals surface area (Å²) >= 11 is 0. The summed E-state index contributed by atoms with van der Waals surface area (Å²) in [6, 6.07) is 0. The fourth-order valence-corrected chi connectivity index (χ4v) is 5.12. The molecule has 252 valence electrons. The minimum absolute atomic E-state index is 0. The third-order valence-corrected chi connectivity index (χ3v) is 7.60. The van der Waals surface area contributed by atoms with E-state index >= 15 is 0 Å². The van der Waals surface area contributed by atoms with Crippen LogP contribution in [0.2, 0.25) is 0 Å². The van der Waals surface area contributed by atoms with Gasteiger partial charge in [0.2, 0.25) is 0 Å². The third-order valence-electron chi connectivity index (χ3n) is 7.60. The van der Waals surface area contributed by atoms with Crippen molar-refractivity contribution in [1.82, 2.24) is 5.32 Å². The van der Waals surface area contributed by atoms with Crippen molar-refractivity contribution >= 4 is 28.9 Å². The van der Waals surface area contributed by atoms with Gasteiger partial charge in [0.15, 0.2) is 12.3 Å². The van der Waals surface area contributed by atoms with E-state index in [-0.39, 0.29) is 34.5 Å². The minimum atomic E-state index is -0.921. The fraction of sp³-hybridized carbons (Fsp3) is 0.943. The lowest BCUT2D eigenvalue weighted by atomic mass is 10.1. The average Bonchev–Trinajstić information content (AvgIpc) is 2.92. The zero-order valence-corrected chi connectivity index (χ0v) is 30.0. The minimum Gasteiger partial charge on any atom is -0.454 e. The topological polar surface area (TPSA) is 84.9 Å². The van der Waals surface area contributed by atoms with E-state index in [1.807, 2.05) is 20.8 Å². The van der Waals surface area contributed by atoms with Crippen LogP contribution in [0.4, 0.5) is 0 Å². The van der Waals surface area contributed by atoms with Crippen molar-refractivity contribution in [2.45, 2.75) is 207 Å². The smallest absolute Gasteiger partial charge is 0.307 e. The number of carbonyl (C=O) groups excluding carboxylic acids is 2. The summed E-state index contributed by atoms with van der Waals surface area (Å²) in [5.41, 5.74) is -0.378. The highest BCUT2D eigenvalue weighted by atomic mass is 79.9. The van der Waals surface area contributed by atoms with Crippen LogP contribution in [0.25, 0.3) is 0 Å². The summed E-state index contributed by atoms with van der Waals surface area (Å²) in [6.07, 6.45) is 25.7. The molecule has 6 nitrogen and oxygen atoms in total. The normalized spacial score (nSPS) is 12.9. The number of hydrogen-bond acceptors (Lipinski definition) is 6. The Labute approximate surface area is 271 Å². The van der Waals surface area contributed by atoms with E-state index in [4.69, 9.17) is 9.47 Å². The Morgan fingerprint density at radius 2 is 0.881 bits per heavy atom. The number of ether oxygens (including phenoxy) is 2. The Balaban J connectivity index is 0. The van der Waals surface area contributed by atoms with E-state index in [1.165, 1.54) is 103 Å². The van der Waals surface area contributed by atoms with Crippen molar-refractivity contribution < 1.29 is 24.2 Å². The molecule has 0 bridgehead atoms. The second kappa shape index (κ2) is 30.4. The monoisotopic (exact) mass is 663 g/mol. The lowest BCUT2D eigenvalue weighted by Crippen LogP contribution is -2.54. The lowest BCUT2D eigenvalue weighted by Gasteiger charge is -2.32. The summed E-state index contributed by atoms with van der Waals surface area (Å²) in [6.45, 7) is 9.97. The number of rotatable bonds is 29. The fourth-order valence-electron chi connectivity index (χ4n) is 5.12. The summed E-state index contributed by atoms with van der Waals surface area (Å²) in [4.78, 5) is 25.1. The van der Waals surface area contributed by atoms with Crippen LogP contribution in [-0.2, 0) is 19.1 Å². The van der Waals surface area contributed by atoms with Gasteiger partial charge in [0.1, 0.15) is 0 Å². The number of unbranched alkanes of at least 4 members (excludes halogenated alkanes) is 20. The molecule has 0 aliphatic heterocycles. The van der Waals surface area contributed by atoms with Gasteiger partial charge in [-0.1, -0.05) is 142 Å². The van der Waals surface area contributed by atoms with Crippen LogP contribution in [0.3, 0.4) is 0 Å². The predicted molar refractivity (Wildman–Crippen MR) is 182 cm³/mol. The largest absolute Gasteiger partial charge is 0.454 e. The molecule has 0 aromatic heterocycles. The number of aliphatic hydroxyl groups excluding tert-OH is 1. The number of aliphatic hydroxyl groups is 1. The summed E-state index contributed by atoms with van der Waals surface area (Å²) in [7, 11) is 0. The first-order chi connectivity index (χ1) is 19.7. The summed E-state index contributed by atoms with van der Waals surface area (Å²) in [5, 5.41) is 13.2. The van der Waals surface area contributed by atoms with Gasteiger partial charge in [-0.15, -0.1) is 17.0 Å². The molecular formula is C35H70BrNO5. The molecule has 0 spiro atoms. The number of nitrogens with one attached hydrogen (secondary N) is 1. The van der Waals surface area contributed by atoms with E-state index < -0.39 is 18.9 Å². The molecule has 0 heterocycles. The summed E-state index contributed by atoms with van der Waals surface area (Å²) < 4.78 is 11.3. The molecule has 0 aromatic rings. The molecule has 7 heteroatoms. The van der Waals surface area contributed by atoms with Crippen molar-refractivity contribution in [2.24, 2.45) is 0 Å². The van der Waals surface area contributed by atoms with Crippen LogP contribution < -0.4 is 5.32 Å². The number of halogens is 1. The van der Waals surface area contributed by atoms with Gasteiger partial charge in [0.05, 0.1) is 6.61 Å². The van der Waals surface area contributed by atoms with Crippen molar-refractivity contribution in [3.63, 3.8) is 0 Å². The molecule has 2 unspecified atom stereocenters. The van der Waals surface area contributed by atoms with Crippen molar-refractivity contribution in [1.29, 1.82) is 0 Å². The van der Waals surface area contributed by atoms with Crippen LogP contribution in [0.5, 0.6) is 0 Å². The van der Waals surface area contributed by atoms with E-state index in [9.17, 15) is 14.7 Å². The van der Waals surface area contributed by atoms with Gasteiger partial charge in [-0.25, -0.2) is 0 Å². The SMILES string of the molecule is Br.CCCCCCCCCCCCCC(=O)OC(CO)C(NC(C)(C)C)OC(=O)CCCCCCCCCCCCC. The first-order valence-corrected chi connectivity index (χ1v) is 17.5. The van der Waals surface area contributed by atoms with Gasteiger partial charge in [0, 0.05) is 18.4 Å². The van der Waals surface area contributed by atoms with Gasteiger partial charge >= 0.3 is 11.9 Å². The molecule has 0 aliphatic carbocycles. The highest BCUT2D eigenvalue weighted by molar-refractivity contribution is 8.93. The molecular weight excluding hydrogens is 594 g/mol. The van der Waals surface area contributed by atoms with Gasteiger partial charge in [-0.05, 0) is 33.6 Å². The Kier molecular flexibility index (Phi) is 31.4.